The van der Waals surface area contributed by atoms with E-state index in [2.05, 4.69) is 19.2 Å². The average molecular weight is 428 g/mol. The average Bonchev–Trinajstić information content (AvgIpc) is 2.65. The van der Waals surface area contributed by atoms with Crippen LogP contribution in [0.2, 0.25) is 0 Å². The largest absolute Gasteiger partial charge is 0.550 e. The lowest BCUT2D eigenvalue weighted by molar-refractivity contribution is -0.880. The second-order valence-corrected chi connectivity index (χ2v) is 8.15. The van der Waals surface area contributed by atoms with E-state index < -0.39 is 17.9 Å². The minimum absolute atomic E-state index is 0.0466. The van der Waals surface area contributed by atoms with E-state index >= 15 is 0 Å². The van der Waals surface area contributed by atoms with Crippen molar-refractivity contribution in [2.24, 2.45) is 0 Å². The number of hydrogen-bond donors (Lipinski definition) is 2. The molecule has 0 radical (unpaired) electrons. The van der Waals surface area contributed by atoms with Crippen LogP contribution in [0.4, 0.5) is 0 Å². The fourth-order valence-electron chi connectivity index (χ4n) is 3.71. The molecule has 0 rings (SSSR count). The van der Waals surface area contributed by atoms with E-state index in [0.29, 0.717) is 43.4 Å². The van der Waals surface area contributed by atoms with Crippen molar-refractivity contribution in [3.05, 3.63) is 12.3 Å². The van der Waals surface area contributed by atoms with Gasteiger partial charge in [0.05, 0.1) is 38.7 Å². The number of carbonyl (C=O) groups is 3. The predicted octanol–water partition coefficient (Wildman–Crippen LogP) is 3.72. The highest BCUT2D eigenvalue weighted by Crippen LogP contribution is 2.17. The summed E-state index contributed by atoms with van der Waals surface area (Å²) < 4.78 is 0.435. The Balaban J connectivity index is 4.84. The van der Waals surface area contributed by atoms with Crippen molar-refractivity contribution in [3.8, 4) is 0 Å². The van der Waals surface area contributed by atoms with Crippen molar-refractivity contribution in [2.45, 2.75) is 96.8 Å². The van der Waals surface area contributed by atoms with E-state index in [1.807, 2.05) is 0 Å². The summed E-state index contributed by atoms with van der Waals surface area (Å²) in [6, 6.07) is 0. The van der Waals surface area contributed by atoms with E-state index in [0.717, 1.165) is 12.8 Å². The van der Waals surface area contributed by atoms with Gasteiger partial charge in [0, 0.05) is 25.2 Å². The Kier molecular flexibility index (Phi) is 16.8. The molecule has 0 aliphatic heterocycles. The molecule has 7 nitrogen and oxygen atoms in total. The number of quaternary nitrogens is 1. The zero-order valence-corrected chi connectivity index (χ0v) is 18.7. The zero-order valence-electron chi connectivity index (χ0n) is 18.7. The minimum Gasteiger partial charge on any atom is -0.550 e. The number of carboxylic acid groups (broad SMARTS) is 3. The van der Waals surface area contributed by atoms with E-state index in [9.17, 15) is 19.5 Å². The van der Waals surface area contributed by atoms with Crippen LogP contribution in [0.1, 0.15) is 96.8 Å². The summed E-state index contributed by atoms with van der Waals surface area (Å²) in [4.78, 5) is 32.7. The number of unbranched alkanes of at least 4 members (excludes halogenated alkanes) is 7. The summed E-state index contributed by atoms with van der Waals surface area (Å²) in [5.41, 5.74) is 0. The van der Waals surface area contributed by atoms with E-state index in [-0.39, 0.29) is 19.3 Å². The summed E-state index contributed by atoms with van der Waals surface area (Å²) in [6.45, 7) is 3.87. The predicted molar refractivity (Wildman–Crippen MR) is 115 cm³/mol. The van der Waals surface area contributed by atoms with Gasteiger partial charge in [0.15, 0.2) is 0 Å². The van der Waals surface area contributed by atoms with Gasteiger partial charge >= 0.3 is 11.9 Å². The Bertz CT molecular complexity index is 468. The van der Waals surface area contributed by atoms with E-state index in [1.54, 1.807) is 0 Å². The van der Waals surface area contributed by atoms with Crippen molar-refractivity contribution in [2.75, 3.05) is 19.6 Å². The van der Waals surface area contributed by atoms with Gasteiger partial charge in [-0.3, -0.25) is 14.1 Å². The summed E-state index contributed by atoms with van der Waals surface area (Å²) in [7, 11) is 0. The fraction of sp³-hybridized carbons (Fsp3) is 0.783. The summed E-state index contributed by atoms with van der Waals surface area (Å²) >= 11 is 0. The molecule has 0 aromatic heterocycles. The Morgan fingerprint density at radius 1 is 0.733 bits per heavy atom. The quantitative estimate of drug-likeness (QED) is 0.213. The molecule has 0 atom stereocenters. The SMILES string of the molecule is CCCCCCCCC/C=C/[N+](CCCC(=O)[O-])(CCCC(=O)O)CCCC(=O)O. The maximum Gasteiger partial charge on any atom is 0.303 e. The highest BCUT2D eigenvalue weighted by atomic mass is 16.4. The fourth-order valence-corrected chi connectivity index (χ4v) is 3.71. The van der Waals surface area contributed by atoms with Gasteiger partial charge in [0.1, 0.15) is 0 Å². The number of nitrogens with zero attached hydrogens (tertiary/aromatic N) is 1. The van der Waals surface area contributed by atoms with Crippen LogP contribution in [-0.4, -0.2) is 52.2 Å². The molecule has 0 aliphatic rings. The van der Waals surface area contributed by atoms with Crippen LogP contribution in [-0.2, 0) is 14.4 Å². The van der Waals surface area contributed by atoms with E-state index in [1.165, 1.54) is 38.5 Å². The first-order chi connectivity index (χ1) is 14.3. The number of aliphatic carboxylic acids is 3. The number of carboxylic acids is 3. The van der Waals surface area contributed by atoms with Gasteiger partial charge in [-0.05, 0) is 25.3 Å². The summed E-state index contributed by atoms with van der Waals surface area (Å²) in [5, 5.41) is 28.8. The lowest BCUT2D eigenvalue weighted by Crippen LogP contribution is -2.46. The topological polar surface area (TPSA) is 115 Å². The molecule has 0 unspecified atom stereocenters. The van der Waals surface area contributed by atoms with Crippen molar-refractivity contribution in [1.29, 1.82) is 0 Å². The van der Waals surface area contributed by atoms with Crippen molar-refractivity contribution < 1.29 is 34.2 Å². The standard InChI is InChI=1S/C23H41NO6/c1-2-3-4-5-6-7-8-9-10-17-24(18-11-14-21(25)26,19-12-15-22(27)28)20-13-16-23(29)30/h10,17H,2-9,11-16,18-20H2,1H3,(H2-,25,26,27,28,29,30)/b17-10+. The van der Waals surface area contributed by atoms with Crippen LogP contribution in [0, 0.1) is 0 Å². The molecule has 0 heterocycles. The van der Waals surface area contributed by atoms with E-state index in [4.69, 9.17) is 10.2 Å². The van der Waals surface area contributed by atoms with Crippen LogP contribution in [0.5, 0.6) is 0 Å². The monoisotopic (exact) mass is 427 g/mol. The molecular formula is C23H41NO6. The third kappa shape index (κ3) is 17.0. The molecule has 0 fully saturated rings. The van der Waals surface area contributed by atoms with Crippen molar-refractivity contribution in [3.63, 3.8) is 0 Å². The highest BCUT2D eigenvalue weighted by molar-refractivity contribution is 5.66. The first-order valence-electron chi connectivity index (χ1n) is 11.5. The van der Waals surface area contributed by atoms with Crippen molar-refractivity contribution >= 4 is 17.9 Å². The van der Waals surface area contributed by atoms with Crippen LogP contribution in [0.3, 0.4) is 0 Å². The van der Waals surface area contributed by atoms with Crippen molar-refractivity contribution in [1.82, 2.24) is 0 Å². The van der Waals surface area contributed by atoms with Gasteiger partial charge < -0.3 is 20.1 Å². The molecule has 0 amide bonds. The van der Waals surface area contributed by atoms with Crippen LogP contribution in [0.25, 0.3) is 0 Å². The molecule has 2 N–H and O–H groups in total. The lowest BCUT2D eigenvalue weighted by atomic mass is 10.1. The van der Waals surface area contributed by atoms with Crippen LogP contribution < -0.4 is 5.11 Å². The number of carbonyl (C=O) groups excluding carboxylic acids is 1. The van der Waals surface area contributed by atoms with Gasteiger partial charge in [0.2, 0.25) is 0 Å². The van der Waals surface area contributed by atoms with Crippen LogP contribution >= 0.6 is 0 Å². The van der Waals surface area contributed by atoms with Gasteiger partial charge in [0.25, 0.3) is 0 Å². The summed E-state index contributed by atoms with van der Waals surface area (Å²) in [6.07, 6.45) is 15.1. The Hall–Kier alpha value is -1.89. The second kappa shape index (κ2) is 17.9. The third-order valence-corrected chi connectivity index (χ3v) is 5.37. The lowest BCUT2D eigenvalue weighted by Gasteiger charge is -2.35. The molecule has 0 bridgehead atoms. The van der Waals surface area contributed by atoms with Gasteiger partial charge in [-0.25, -0.2) is 0 Å². The molecule has 0 aliphatic carbocycles. The maximum absolute atomic E-state index is 10.9. The Labute approximate surface area is 181 Å². The number of rotatable bonds is 21. The second-order valence-electron chi connectivity index (χ2n) is 8.15. The molecule has 0 aromatic rings. The number of hydrogen-bond acceptors (Lipinski definition) is 4. The molecule has 0 saturated heterocycles. The van der Waals surface area contributed by atoms with Gasteiger partial charge in [-0.15, -0.1) is 0 Å². The molecule has 0 saturated carbocycles. The molecule has 174 valence electrons. The normalized spacial score (nSPS) is 11.8. The zero-order chi connectivity index (χ0) is 22.7. The Morgan fingerprint density at radius 2 is 1.20 bits per heavy atom. The van der Waals surface area contributed by atoms with Gasteiger partial charge in [-0.1, -0.05) is 45.4 Å². The number of allylic oxidation sites excluding steroid dienone is 1. The smallest absolute Gasteiger partial charge is 0.303 e. The molecule has 30 heavy (non-hydrogen) atoms. The van der Waals surface area contributed by atoms with Gasteiger partial charge in [-0.2, -0.15) is 0 Å². The first-order valence-corrected chi connectivity index (χ1v) is 11.5. The molecule has 7 heteroatoms. The first kappa shape index (κ1) is 28.1. The minimum atomic E-state index is -1.10. The summed E-state index contributed by atoms with van der Waals surface area (Å²) in [5.74, 6) is -2.82. The molecule has 0 spiro atoms. The molecular weight excluding hydrogens is 386 g/mol. The molecule has 0 aromatic carbocycles. The third-order valence-electron chi connectivity index (χ3n) is 5.37. The maximum atomic E-state index is 10.9. The van der Waals surface area contributed by atoms with Crippen LogP contribution in [0.15, 0.2) is 12.3 Å². The Morgan fingerprint density at radius 3 is 1.67 bits per heavy atom. The highest BCUT2D eigenvalue weighted by Gasteiger charge is 2.24.